The van der Waals surface area contributed by atoms with Crippen molar-refractivity contribution in [2.45, 2.75) is 6.54 Å². The van der Waals surface area contributed by atoms with Crippen LogP contribution in [0.5, 0.6) is 0 Å². The van der Waals surface area contributed by atoms with Gasteiger partial charge in [0.25, 0.3) is 0 Å². The van der Waals surface area contributed by atoms with Crippen LogP contribution in [0.1, 0.15) is 0 Å². The molecule has 3 heterocycles. The van der Waals surface area contributed by atoms with Gasteiger partial charge >= 0.3 is 7.60 Å². The van der Waals surface area contributed by atoms with Gasteiger partial charge < -0.3 is 9.79 Å². The molecule has 4 aromatic rings. The number of fused-ring (bicyclic) bond motifs is 1. The van der Waals surface area contributed by atoms with Crippen LogP contribution in [0.4, 0.5) is 0 Å². The number of pyridine rings is 3. The van der Waals surface area contributed by atoms with E-state index in [0.717, 1.165) is 16.8 Å². The second-order valence-electron chi connectivity index (χ2n) is 7.07. The Morgan fingerprint density at radius 1 is 0.862 bits per heavy atom. The average molecular weight is 408 g/mol. The molecule has 0 saturated heterocycles. The molecule has 0 aliphatic heterocycles. The fraction of sp³-hybridized carbons (Fsp3) is 0.136. The second-order valence-corrected chi connectivity index (χ2v) is 8.85. The maximum Gasteiger partial charge on any atom is 0.331 e. The van der Waals surface area contributed by atoms with E-state index in [0.29, 0.717) is 6.54 Å². The van der Waals surface area contributed by atoms with Gasteiger partial charge in [0.05, 0.1) is 5.39 Å². The predicted octanol–water partition coefficient (Wildman–Crippen LogP) is 2.07. The lowest BCUT2D eigenvalue weighted by Gasteiger charge is -2.03. The van der Waals surface area contributed by atoms with Gasteiger partial charge in [0.1, 0.15) is 13.2 Å². The van der Waals surface area contributed by atoms with E-state index in [9.17, 15) is 4.57 Å². The van der Waals surface area contributed by atoms with Crippen molar-refractivity contribution < 1.29 is 28.1 Å². The second kappa shape index (κ2) is 7.84. The van der Waals surface area contributed by atoms with E-state index in [1.165, 1.54) is 10.9 Å². The number of aryl methyl sites for hydroxylation is 2. The Balaban J connectivity index is 1.54. The van der Waals surface area contributed by atoms with Crippen LogP contribution in [0.25, 0.3) is 27.7 Å². The summed E-state index contributed by atoms with van der Waals surface area (Å²) in [5.41, 5.74) is 4.41. The van der Waals surface area contributed by atoms with Crippen molar-refractivity contribution >= 4 is 18.5 Å². The maximum absolute atomic E-state index is 11.0. The van der Waals surface area contributed by atoms with Crippen LogP contribution in [-0.4, -0.2) is 15.9 Å². The zero-order chi connectivity index (χ0) is 20.4. The third-order valence-corrected chi connectivity index (χ3v) is 5.76. The summed E-state index contributed by atoms with van der Waals surface area (Å²) in [6, 6.07) is 18.6. The van der Waals surface area contributed by atoms with Crippen molar-refractivity contribution in [3.8, 4) is 16.8 Å². The lowest BCUT2D eigenvalue weighted by atomic mass is 10.1. The highest BCUT2D eigenvalue weighted by Crippen LogP contribution is 2.33. The number of hydrogen-bond donors (Lipinski definition) is 2. The van der Waals surface area contributed by atoms with E-state index in [1.807, 2.05) is 56.2 Å². The molecule has 6 nitrogen and oxygen atoms in total. The van der Waals surface area contributed by atoms with Gasteiger partial charge in [-0.25, -0.2) is 9.13 Å². The van der Waals surface area contributed by atoms with Crippen LogP contribution in [0.15, 0.2) is 85.6 Å². The van der Waals surface area contributed by atoms with E-state index >= 15 is 0 Å². The standard InChI is InChI=1S/C22H21N3O3P/c1-23-10-2-3-20-17-21(4-5-22(20)23)25-13-8-19(9-14-25)18-6-11-24(12-7-18)15-16-29(26,27)28/h2-14,17H,15-16H2,1H3/q+1/p+2. The first-order chi connectivity index (χ1) is 13.9. The average Bonchev–Trinajstić information content (AvgIpc) is 2.72. The van der Waals surface area contributed by atoms with Crippen molar-refractivity contribution in [2.75, 3.05) is 6.16 Å². The Hall–Kier alpha value is -2.92. The first kappa shape index (κ1) is 19.4. The van der Waals surface area contributed by atoms with Crippen molar-refractivity contribution in [1.82, 2.24) is 0 Å². The molecule has 0 bridgehead atoms. The van der Waals surface area contributed by atoms with Gasteiger partial charge in [-0.3, -0.25) is 4.57 Å². The summed E-state index contributed by atoms with van der Waals surface area (Å²) in [5.74, 6) is 0. The van der Waals surface area contributed by atoms with Crippen LogP contribution in [0.3, 0.4) is 0 Å². The minimum absolute atomic E-state index is 0.161. The van der Waals surface area contributed by atoms with Gasteiger partial charge in [-0.15, -0.1) is 0 Å². The van der Waals surface area contributed by atoms with Crippen molar-refractivity contribution in [3.05, 3.63) is 85.6 Å². The summed E-state index contributed by atoms with van der Waals surface area (Å²) < 4.78 is 17.0. The summed E-state index contributed by atoms with van der Waals surface area (Å²) in [6.07, 6.45) is 9.64. The topological polar surface area (TPSA) is 69.2 Å². The number of benzene rings is 1. The normalized spacial score (nSPS) is 11.7. The third kappa shape index (κ3) is 4.57. The molecule has 0 unspecified atom stereocenters. The van der Waals surface area contributed by atoms with Crippen LogP contribution in [0, 0.1) is 0 Å². The third-order valence-electron chi connectivity index (χ3n) is 4.98. The summed E-state index contributed by atoms with van der Waals surface area (Å²) in [4.78, 5) is 18.0. The predicted molar refractivity (Wildman–Crippen MR) is 109 cm³/mol. The monoisotopic (exact) mass is 408 g/mol. The Labute approximate surface area is 169 Å². The van der Waals surface area contributed by atoms with Crippen LogP contribution in [0.2, 0.25) is 0 Å². The molecular weight excluding hydrogens is 385 g/mol. The molecule has 146 valence electrons. The van der Waals surface area contributed by atoms with Gasteiger partial charge in [-0.05, 0) is 17.2 Å². The molecule has 0 saturated carbocycles. The highest BCUT2D eigenvalue weighted by molar-refractivity contribution is 7.51. The first-order valence-corrected chi connectivity index (χ1v) is 11.1. The Kier molecular flexibility index (Phi) is 5.24. The largest absolute Gasteiger partial charge is 0.331 e. The van der Waals surface area contributed by atoms with Gasteiger partial charge in [0.2, 0.25) is 11.2 Å². The zero-order valence-electron chi connectivity index (χ0n) is 16.1. The van der Waals surface area contributed by atoms with Gasteiger partial charge in [0, 0.05) is 48.5 Å². The quantitative estimate of drug-likeness (QED) is 0.392. The van der Waals surface area contributed by atoms with Gasteiger partial charge in [-0.2, -0.15) is 4.57 Å². The van der Waals surface area contributed by atoms with Gasteiger partial charge in [0.15, 0.2) is 37.5 Å². The molecule has 2 N–H and O–H groups in total. The Bertz CT molecular complexity index is 1200. The smallest absolute Gasteiger partial charge is 0.324 e. The molecule has 1 aromatic carbocycles. The molecule has 0 atom stereocenters. The summed E-state index contributed by atoms with van der Waals surface area (Å²) in [6.45, 7) is 0.291. The van der Waals surface area contributed by atoms with E-state index in [1.54, 1.807) is 4.57 Å². The van der Waals surface area contributed by atoms with Gasteiger partial charge in [-0.1, -0.05) is 0 Å². The van der Waals surface area contributed by atoms with E-state index in [4.69, 9.17) is 9.79 Å². The maximum atomic E-state index is 11.0. The molecule has 0 spiro atoms. The zero-order valence-corrected chi connectivity index (χ0v) is 17.0. The molecule has 4 rings (SSSR count). The number of rotatable bonds is 5. The molecule has 0 amide bonds. The molecule has 7 heteroatoms. The molecule has 0 radical (unpaired) electrons. The highest BCUT2D eigenvalue weighted by Gasteiger charge is 2.16. The molecule has 3 aromatic heterocycles. The minimum Gasteiger partial charge on any atom is -0.324 e. The van der Waals surface area contributed by atoms with Crippen molar-refractivity contribution in [3.63, 3.8) is 0 Å². The van der Waals surface area contributed by atoms with E-state index in [-0.39, 0.29) is 6.16 Å². The summed E-state index contributed by atoms with van der Waals surface area (Å²) >= 11 is 0. The lowest BCUT2D eigenvalue weighted by molar-refractivity contribution is -0.692. The molecule has 0 aliphatic carbocycles. The minimum atomic E-state index is -3.98. The van der Waals surface area contributed by atoms with Crippen molar-refractivity contribution in [1.29, 1.82) is 0 Å². The van der Waals surface area contributed by atoms with E-state index in [2.05, 4.69) is 45.5 Å². The van der Waals surface area contributed by atoms with Crippen molar-refractivity contribution in [2.24, 2.45) is 7.05 Å². The van der Waals surface area contributed by atoms with Crippen LogP contribution >= 0.6 is 7.60 Å². The lowest BCUT2D eigenvalue weighted by Crippen LogP contribution is -2.34. The molecule has 0 fully saturated rings. The Morgan fingerprint density at radius 2 is 1.52 bits per heavy atom. The Morgan fingerprint density at radius 3 is 2.17 bits per heavy atom. The number of hydrogen-bond acceptors (Lipinski definition) is 1. The SMILES string of the molecule is C[n+]1cccc2cc(-[n+]3ccc(-c4cc[n+](CCP(=O)(O)O)cc4)cc3)ccc21. The molecular formula is C22H23N3O3P+3. The fourth-order valence-electron chi connectivity index (χ4n) is 3.35. The summed E-state index contributed by atoms with van der Waals surface area (Å²) in [5, 5.41) is 1.19. The number of aromatic nitrogens is 3. The van der Waals surface area contributed by atoms with Crippen LogP contribution < -0.4 is 13.7 Å². The first-order valence-electron chi connectivity index (χ1n) is 9.33. The molecule has 0 aliphatic rings. The summed E-state index contributed by atoms with van der Waals surface area (Å²) in [7, 11) is -1.94. The number of nitrogens with zero attached hydrogens (tertiary/aromatic N) is 3. The van der Waals surface area contributed by atoms with Crippen LogP contribution in [-0.2, 0) is 18.2 Å². The van der Waals surface area contributed by atoms with E-state index < -0.39 is 7.60 Å². The molecule has 29 heavy (non-hydrogen) atoms. The highest BCUT2D eigenvalue weighted by atomic mass is 31.2. The fourth-order valence-corrected chi connectivity index (χ4v) is 3.84.